The van der Waals surface area contributed by atoms with Gasteiger partial charge < -0.3 is 11.1 Å². The minimum absolute atomic E-state index is 0.345. The van der Waals surface area contributed by atoms with Gasteiger partial charge in [0.15, 0.2) is 0 Å². The highest BCUT2D eigenvalue weighted by Gasteiger charge is 2.40. The van der Waals surface area contributed by atoms with Crippen molar-refractivity contribution in [3.8, 4) is 0 Å². The van der Waals surface area contributed by atoms with Crippen LogP contribution in [0.25, 0.3) is 0 Å². The predicted molar refractivity (Wildman–Crippen MR) is 65.8 cm³/mol. The molecule has 6 heteroatoms. The highest BCUT2D eigenvalue weighted by molar-refractivity contribution is 6.32. The van der Waals surface area contributed by atoms with Gasteiger partial charge in [0.25, 0.3) is 0 Å². The molecule has 0 saturated heterocycles. The lowest BCUT2D eigenvalue weighted by Crippen LogP contribution is -2.48. The molecule has 5 nitrogen and oxygen atoms in total. The lowest BCUT2D eigenvalue weighted by atomic mass is 9.97. The van der Waals surface area contributed by atoms with E-state index in [4.69, 9.17) is 17.3 Å². The first-order valence-electron chi connectivity index (χ1n) is 5.61. The van der Waals surface area contributed by atoms with Crippen molar-refractivity contribution in [2.24, 2.45) is 5.73 Å². The summed E-state index contributed by atoms with van der Waals surface area (Å²) >= 11 is 6.00. The quantitative estimate of drug-likeness (QED) is 0.859. The molecule has 3 N–H and O–H groups in total. The van der Waals surface area contributed by atoms with Gasteiger partial charge >= 0.3 is 0 Å². The summed E-state index contributed by atoms with van der Waals surface area (Å²) in [7, 11) is 0. The summed E-state index contributed by atoms with van der Waals surface area (Å²) < 4.78 is 0. The Bertz CT molecular complexity index is 443. The number of anilines is 1. The molecular formula is C11H15ClN4O. The molecule has 0 unspecified atom stereocenters. The summed E-state index contributed by atoms with van der Waals surface area (Å²) in [4.78, 5) is 19.8. The fraction of sp³-hybridized carbons (Fsp3) is 0.545. The van der Waals surface area contributed by atoms with E-state index in [1.165, 1.54) is 6.20 Å². The number of rotatable bonds is 3. The lowest BCUT2D eigenvalue weighted by Gasteiger charge is -2.27. The second-order valence-corrected chi connectivity index (χ2v) is 4.80. The average molecular weight is 255 g/mol. The van der Waals surface area contributed by atoms with Crippen molar-refractivity contribution in [2.45, 2.75) is 38.1 Å². The first-order valence-corrected chi connectivity index (χ1v) is 5.98. The van der Waals surface area contributed by atoms with Crippen LogP contribution in [0.15, 0.2) is 6.20 Å². The van der Waals surface area contributed by atoms with Gasteiger partial charge in [-0.1, -0.05) is 24.4 Å². The number of aromatic nitrogens is 2. The highest BCUT2D eigenvalue weighted by atomic mass is 35.5. The van der Waals surface area contributed by atoms with Crippen LogP contribution in [0.3, 0.4) is 0 Å². The van der Waals surface area contributed by atoms with Crippen LogP contribution in [-0.2, 0) is 4.79 Å². The number of carbonyl (C=O) groups is 1. The van der Waals surface area contributed by atoms with E-state index >= 15 is 0 Å². The van der Waals surface area contributed by atoms with Crippen molar-refractivity contribution < 1.29 is 4.79 Å². The minimum atomic E-state index is -0.704. The minimum Gasteiger partial charge on any atom is -0.368 e. The van der Waals surface area contributed by atoms with Crippen LogP contribution >= 0.6 is 11.6 Å². The summed E-state index contributed by atoms with van der Waals surface area (Å²) in [6.45, 7) is 1.77. The van der Waals surface area contributed by atoms with Gasteiger partial charge in [0.05, 0.1) is 6.20 Å². The maximum Gasteiger partial charge on any atom is 0.243 e. The Kier molecular flexibility index (Phi) is 3.19. The van der Waals surface area contributed by atoms with Crippen molar-refractivity contribution in [1.29, 1.82) is 0 Å². The van der Waals surface area contributed by atoms with Crippen LogP contribution in [-0.4, -0.2) is 21.4 Å². The molecule has 92 valence electrons. The van der Waals surface area contributed by atoms with Crippen LogP contribution in [0, 0.1) is 6.92 Å². The van der Waals surface area contributed by atoms with Crippen molar-refractivity contribution >= 4 is 23.3 Å². The van der Waals surface area contributed by atoms with E-state index in [9.17, 15) is 4.79 Å². The van der Waals surface area contributed by atoms with Gasteiger partial charge in [0.1, 0.15) is 22.2 Å². The summed E-state index contributed by atoms with van der Waals surface area (Å²) in [5, 5.41) is 3.51. The van der Waals surface area contributed by atoms with Gasteiger partial charge in [-0.2, -0.15) is 0 Å². The van der Waals surface area contributed by atoms with Gasteiger partial charge in [-0.15, -0.1) is 0 Å². The Balaban J connectivity index is 2.29. The first-order chi connectivity index (χ1) is 8.03. The largest absolute Gasteiger partial charge is 0.368 e. The van der Waals surface area contributed by atoms with Gasteiger partial charge in [-0.05, 0) is 19.8 Å². The van der Waals surface area contributed by atoms with E-state index < -0.39 is 5.54 Å². The third-order valence-corrected chi connectivity index (χ3v) is 3.43. The Morgan fingerprint density at radius 1 is 1.53 bits per heavy atom. The second kappa shape index (κ2) is 4.49. The van der Waals surface area contributed by atoms with E-state index in [-0.39, 0.29) is 5.91 Å². The lowest BCUT2D eigenvalue weighted by molar-refractivity contribution is -0.122. The van der Waals surface area contributed by atoms with Crippen LogP contribution in [0.2, 0.25) is 5.02 Å². The van der Waals surface area contributed by atoms with Gasteiger partial charge in [-0.3, -0.25) is 4.79 Å². The molecule has 1 fully saturated rings. The molecule has 1 aromatic heterocycles. The maximum absolute atomic E-state index is 11.6. The van der Waals surface area contributed by atoms with Crippen molar-refractivity contribution in [2.75, 3.05) is 5.32 Å². The maximum atomic E-state index is 11.6. The van der Waals surface area contributed by atoms with Crippen LogP contribution < -0.4 is 11.1 Å². The number of hydrogen-bond acceptors (Lipinski definition) is 4. The standard InChI is InChI=1S/C11H15ClN4O/c1-7-14-6-8(12)9(15-7)16-11(10(13)17)4-2-3-5-11/h6H,2-5H2,1H3,(H2,13,17)(H,14,15,16). The van der Waals surface area contributed by atoms with Crippen molar-refractivity contribution in [1.82, 2.24) is 9.97 Å². The van der Waals surface area contributed by atoms with E-state index in [1.807, 2.05) is 0 Å². The molecule has 0 aliphatic heterocycles. The van der Waals surface area contributed by atoms with Crippen LogP contribution in [0.4, 0.5) is 5.82 Å². The molecule has 0 radical (unpaired) electrons. The zero-order chi connectivity index (χ0) is 12.5. The van der Waals surface area contributed by atoms with E-state index in [0.717, 1.165) is 25.7 Å². The normalized spacial score (nSPS) is 18.0. The molecule has 1 heterocycles. The molecule has 1 aliphatic carbocycles. The number of amides is 1. The Hall–Kier alpha value is -1.36. The molecule has 1 amide bonds. The molecule has 0 spiro atoms. The molecule has 1 aromatic rings. The number of nitrogens with two attached hydrogens (primary N) is 1. The predicted octanol–water partition coefficient (Wildman–Crippen LogP) is 1.65. The van der Waals surface area contributed by atoms with E-state index in [1.54, 1.807) is 6.92 Å². The fourth-order valence-electron chi connectivity index (χ4n) is 2.18. The number of aryl methyl sites for hydroxylation is 1. The molecule has 17 heavy (non-hydrogen) atoms. The summed E-state index contributed by atoms with van der Waals surface area (Å²) in [5.41, 5.74) is 4.78. The number of carbonyl (C=O) groups excluding carboxylic acids is 1. The summed E-state index contributed by atoms with van der Waals surface area (Å²) in [5.74, 6) is 0.747. The fourth-order valence-corrected chi connectivity index (χ4v) is 2.32. The van der Waals surface area contributed by atoms with E-state index in [0.29, 0.717) is 16.7 Å². The van der Waals surface area contributed by atoms with Crippen LogP contribution in [0.1, 0.15) is 31.5 Å². The molecule has 2 rings (SSSR count). The number of hydrogen-bond donors (Lipinski definition) is 2. The average Bonchev–Trinajstić information content (AvgIpc) is 2.73. The molecule has 1 aliphatic rings. The molecular weight excluding hydrogens is 240 g/mol. The molecule has 0 atom stereocenters. The summed E-state index contributed by atoms with van der Waals surface area (Å²) in [6, 6.07) is 0. The first kappa shape index (κ1) is 12.1. The Morgan fingerprint density at radius 2 is 2.18 bits per heavy atom. The monoisotopic (exact) mass is 254 g/mol. The van der Waals surface area contributed by atoms with Gasteiger partial charge in [0, 0.05) is 0 Å². The zero-order valence-electron chi connectivity index (χ0n) is 9.66. The zero-order valence-corrected chi connectivity index (χ0v) is 10.4. The third kappa shape index (κ3) is 2.34. The number of primary amides is 1. The molecule has 0 aromatic carbocycles. The smallest absolute Gasteiger partial charge is 0.243 e. The summed E-state index contributed by atoms with van der Waals surface area (Å²) in [6.07, 6.45) is 4.94. The number of halogens is 1. The Labute approximate surface area is 105 Å². The third-order valence-electron chi connectivity index (χ3n) is 3.15. The second-order valence-electron chi connectivity index (χ2n) is 4.39. The highest BCUT2D eigenvalue weighted by Crippen LogP contribution is 2.34. The topological polar surface area (TPSA) is 80.9 Å². The molecule has 0 bridgehead atoms. The van der Waals surface area contributed by atoms with Gasteiger partial charge in [0.2, 0.25) is 5.91 Å². The SMILES string of the molecule is Cc1ncc(Cl)c(NC2(C(N)=O)CCCC2)n1. The van der Waals surface area contributed by atoms with Crippen molar-refractivity contribution in [3.63, 3.8) is 0 Å². The van der Waals surface area contributed by atoms with Crippen molar-refractivity contribution in [3.05, 3.63) is 17.0 Å². The number of nitrogens with one attached hydrogen (secondary N) is 1. The van der Waals surface area contributed by atoms with Gasteiger partial charge in [-0.25, -0.2) is 9.97 Å². The van der Waals surface area contributed by atoms with E-state index in [2.05, 4.69) is 15.3 Å². The Morgan fingerprint density at radius 3 is 2.76 bits per heavy atom. The number of nitrogens with zero attached hydrogens (tertiary/aromatic N) is 2. The van der Waals surface area contributed by atoms with Crippen LogP contribution in [0.5, 0.6) is 0 Å². The molecule has 1 saturated carbocycles.